The number of aryl methyl sites for hydroxylation is 2. The number of nitrogens with one attached hydrogen (secondary N) is 1. The summed E-state index contributed by atoms with van der Waals surface area (Å²) in [5.74, 6) is 0.693. The zero-order valence-electron chi connectivity index (χ0n) is 17.6. The third kappa shape index (κ3) is 5.83. The van der Waals surface area contributed by atoms with Crippen LogP contribution in [-0.4, -0.2) is 23.8 Å². The van der Waals surface area contributed by atoms with Gasteiger partial charge in [-0.1, -0.05) is 43.3 Å². The first-order chi connectivity index (χ1) is 14.6. The molecule has 0 saturated carbocycles. The maximum absolute atomic E-state index is 13.0. The second-order valence-corrected chi connectivity index (χ2v) is 7.28. The predicted octanol–water partition coefficient (Wildman–Crippen LogP) is 4.36. The van der Waals surface area contributed by atoms with E-state index < -0.39 is 0 Å². The molecule has 0 aliphatic heterocycles. The first-order valence-electron chi connectivity index (χ1n) is 10.3. The molecule has 1 heterocycles. The van der Waals surface area contributed by atoms with E-state index in [2.05, 4.69) is 36.5 Å². The third-order valence-corrected chi connectivity index (χ3v) is 5.15. The molecule has 0 bridgehead atoms. The van der Waals surface area contributed by atoms with Crippen molar-refractivity contribution in [2.45, 2.75) is 39.3 Å². The Labute approximate surface area is 177 Å². The van der Waals surface area contributed by atoms with Gasteiger partial charge in [-0.25, -0.2) is 0 Å². The lowest BCUT2D eigenvalue weighted by Gasteiger charge is -2.22. The molecule has 30 heavy (non-hydrogen) atoms. The van der Waals surface area contributed by atoms with Crippen LogP contribution in [0.2, 0.25) is 0 Å². The highest BCUT2D eigenvalue weighted by atomic mass is 16.3. The molecule has 2 amide bonds. The summed E-state index contributed by atoms with van der Waals surface area (Å²) in [6.07, 6.45) is 3.76. The van der Waals surface area contributed by atoms with Crippen LogP contribution in [0.4, 0.5) is 0 Å². The number of hydrogen-bond acceptors (Lipinski definition) is 3. The number of hydrogen-bond donors (Lipinski definition) is 1. The van der Waals surface area contributed by atoms with Crippen LogP contribution in [-0.2, 0) is 30.7 Å². The number of benzene rings is 2. The van der Waals surface area contributed by atoms with E-state index in [4.69, 9.17) is 4.42 Å². The van der Waals surface area contributed by atoms with Crippen molar-refractivity contribution in [1.29, 1.82) is 0 Å². The van der Waals surface area contributed by atoms with Gasteiger partial charge in [0.15, 0.2) is 0 Å². The Kier molecular flexibility index (Phi) is 7.44. The molecule has 0 saturated heterocycles. The molecule has 0 unspecified atom stereocenters. The predicted molar refractivity (Wildman–Crippen MR) is 117 cm³/mol. The van der Waals surface area contributed by atoms with E-state index in [0.29, 0.717) is 31.5 Å². The fourth-order valence-corrected chi connectivity index (χ4v) is 3.30. The van der Waals surface area contributed by atoms with E-state index in [1.165, 1.54) is 5.56 Å². The smallest absolute Gasteiger partial charge is 0.251 e. The first-order valence-corrected chi connectivity index (χ1v) is 10.3. The van der Waals surface area contributed by atoms with Crippen LogP contribution >= 0.6 is 0 Å². The molecule has 3 aromatic rings. The lowest BCUT2D eigenvalue weighted by molar-refractivity contribution is -0.132. The molecule has 0 radical (unpaired) electrons. The maximum atomic E-state index is 13.0. The van der Waals surface area contributed by atoms with Crippen molar-refractivity contribution in [2.75, 3.05) is 7.05 Å². The van der Waals surface area contributed by atoms with Gasteiger partial charge >= 0.3 is 0 Å². The van der Waals surface area contributed by atoms with E-state index in [1.54, 1.807) is 30.3 Å². The van der Waals surface area contributed by atoms with Crippen molar-refractivity contribution in [3.63, 3.8) is 0 Å². The summed E-state index contributed by atoms with van der Waals surface area (Å²) in [4.78, 5) is 26.6. The quantitative estimate of drug-likeness (QED) is 0.576. The van der Waals surface area contributed by atoms with Crippen LogP contribution in [0.15, 0.2) is 71.3 Å². The zero-order chi connectivity index (χ0) is 21.3. The largest absolute Gasteiger partial charge is 0.467 e. The molecule has 0 fully saturated rings. The summed E-state index contributed by atoms with van der Waals surface area (Å²) >= 11 is 0. The van der Waals surface area contributed by atoms with Gasteiger partial charge in [-0.2, -0.15) is 0 Å². The second-order valence-electron chi connectivity index (χ2n) is 7.28. The van der Waals surface area contributed by atoms with Crippen LogP contribution in [0.1, 0.15) is 46.2 Å². The minimum absolute atomic E-state index is 0.0707. The molecule has 1 aromatic heterocycles. The Bertz CT molecular complexity index is 945. The molecule has 5 heteroatoms. The van der Waals surface area contributed by atoms with Gasteiger partial charge in [0.05, 0.1) is 12.8 Å². The van der Waals surface area contributed by atoms with Gasteiger partial charge < -0.3 is 14.6 Å². The summed E-state index contributed by atoms with van der Waals surface area (Å²) in [5, 5.41) is 2.61. The highest BCUT2D eigenvalue weighted by Gasteiger charge is 2.16. The van der Waals surface area contributed by atoms with Gasteiger partial charge in [0.1, 0.15) is 5.76 Å². The normalized spacial score (nSPS) is 10.6. The summed E-state index contributed by atoms with van der Waals surface area (Å²) < 4.78 is 5.46. The Morgan fingerprint density at radius 1 is 0.900 bits per heavy atom. The molecule has 3 rings (SSSR count). The Morgan fingerprint density at radius 3 is 2.17 bits per heavy atom. The molecular formula is C25H28N2O3. The molecule has 0 atom stereocenters. The van der Waals surface area contributed by atoms with Crippen LogP contribution in [0.5, 0.6) is 0 Å². The van der Waals surface area contributed by atoms with Crippen LogP contribution in [0, 0.1) is 0 Å². The standard InChI is InChI=1S/C25H28N2O3/c1-3-19-6-8-20(9-7-19)12-15-24(28)27(18-23-5-4-16-30-23)17-21-10-13-22(14-11-21)25(29)26-2/h4-11,13-14,16H,3,12,15,17-18H2,1-2H3,(H,26,29). The molecule has 0 aliphatic carbocycles. The minimum Gasteiger partial charge on any atom is -0.467 e. The van der Waals surface area contributed by atoms with Gasteiger partial charge in [-0.05, 0) is 53.8 Å². The Balaban J connectivity index is 1.67. The van der Waals surface area contributed by atoms with Crippen molar-refractivity contribution in [3.8, 4) is 0 Å². The average molecular weight is 405 g/mol. The molecule has 0 spiro atoms. The van der Waals surface area contributed by atoms with Crippen molar-refractivity contribution in [2.24, 2.45) is 0 Å². The van der Waals surface area contributed by atoms with Crippen molar-refractivity contribution in [1.82, 2.24) is 10.2 Å². The fourth-order valence-electron chi connectivity index (χ4n) is 3.30. The SMILES string of the molecule is CCc1ccc(CCC(=O)N(Cc2ccc(C(=O)NC)cc2)Cc2ccco2)cc1. The zero-order valence-corrected chi connectivity index (χ0v) is 17.6. The summed E-state index contributed by atoms with van der Waals surface area (Å²) in [5.41, 5.74) is 4.02. The number of rotatable bonds is 9. The number of nitrogens with zero attached hydrogens (tertiary/aromatic N) is 1. The Hall–Kier alpha value is -3.34. The van der Waals surface area contributed by atoms with Gasteiger partial charge in [-0.15, -0.1) is 0 Å². The van der Waals surface area contributed by atoms with Gasteiger partial charge in [0.2, 0.25) is 5.91 Å². The van der Waals surface area contributed by atoms with Gasteiger partial charge in [0, 0.05) is 25.6 Å². The molecule has 5 nitrogen and oxygen atoms in total. The minimum atomic E-state index is -0.126. The number of carbonyl (C=O) groups excluding carboxylic acids is 2. The Morgan fingerprint density at radius 2 is 1.57 bits per heavy atom. The first kappa shape index (κ1) is 21.4. The highest BCUT2D eigenvalue weighted by molar-refractivity contribution is 5.93. The lowest BCUT2D eigenvalue weighted by atomic mass is 10.1. The summed E-state index contributed by atoms with van der Waals surface area (Å²) in [6, 6.07) is 19.5. The van der Waals surface area contributed by atoms with Crippen molar-refractivity contribution >= 4 is 11.8 Å². The molecule has 0 aliphatic rings. The fraction of sp³-hybridized carbons (Fsp3) is 0.280. The van der Waals surface area contributed by atoms with E-state index >= 15 is 0 Å². The van der Waals surface area contributed by atoms with E-state index in [1.807, 2.05) is 24.3 Å². The van der Waals surface area contributed by atoms with E-state index in [9.17, 15) is 9.59 Å². The topological polar surface area (TPSA) is 62.6 Å². The third-order valence-electron chi connectivity index (χ3n) is 5.15. The lowest BCUT2D eigenvalue weighted by Crippen LogP contribution is -2.30. The monoisotopic (exact) mass is 404 g/mol. The number of furan rings is 1. The van der Waals surface area contributed by atoms with Gasteiger partial charge in [-0.3, -0.25) is 9.59 Å². The number of amides is 2. The maximum Gasteiger partial charge on any atom is 0.251 e. The average Bonchev–Trinajstić information content (AvgIpc) is 3.30. The second kappa shape index (κ2) is 10.4. The van der Waals surface area contributed by atoms with Crippen molar-refractivity contribution < 1.29 is 14.0 Å². The highest BCUT2D eigenvalue weighted by Crippen LogP contribution is 2.15. The molecule has 1 N–H and O–H groups in total. The van der Waals surface area contributed by atoms with Crippen LogP contribution in [0.25, 0.3) is 0 Å². The molecular weight excluding hydrogens is 376 g/mol. The molecule has 156 valence electrons. The van der Waals surface area contributed by atoms with E-state index in [-0.39, 0.29) is 11.8 Å². The van der Waals surface area contributed by atoms with Gasteiger partial charge in [0.25, 0.3) is 5.91 Å². The number of carbonyl (C=O) groups is 2. The van der Waals surface area contributed by atoms with Crippen LogP contribution < -0.4 is 5.32 Å². The van der Waals surface area contributed by atoms with Crippen LogP contribution in [0.3, 0.4) is 0 Å². The molecule has 2 aromatic carbocycles. The van der Waals surface area contributed by atoms with E-state index in [0.717, 1.165) is 23.3 Å². The van der Waals surface area contributed by atoms with Crippen molar-refractivity contribution in [3.05, 3.63) is 94.9 Å². The summed E-state index contributed by atoms with van der Waals surface area (Å²) in [7, 11) is 1.61. The summed E-state index contributed by atoms with van der Waals surface area (Å²) in [6.45, 7) is 3.01.